The Morgan fingerprint density at radius 2 is 2.14 bits per heavy atom. The number of fused-ring (bicyclic) bond motifs is 1. The van der Waals surface area contributed by atoms with Crippen LogP contribution in [0.4, 0.5) is 10.1 Å². The maximum absolute atomic E-state index is 13.4. The van der Waals surface area contributed by atoms with Crippen molar-refractivity contribution in [3.63, 3.8) is 0 Å². The Bertz CT molecular complexity index is 657. The Balaban J connectivity index is 1.81. The first-order valence-electron chi connectivity index (χ1n) is 7.08. The van der Waals surface area contributed by atoms with Crippen LogP contribution in [0.3, 0.4) is 0 Å². The van der Waals surface area contributed by atoms with E-state index in [9.17, 15) is 4.39 Å². The Kier molecular flexibility index (Phi) is 3.80. The van der Waals surface area contributed by atoms with E-state index in [1.165, 1.54) is 17.2 Å². The third-order valence-electron chi connectivity index (χ3n) is 4.02. The number of hydrogen-bond acceptors (Lipinski definition) is 3. The Labute approximate surface area is 124 Å². The molecule has 3 rings (SSSR count). The van der Waals surface area contributed by atoms with Gasteiger partial charge in [0.05, 0.1) is 7.11 Å². The van der Waals surface area contributed by atoms with E-state index in [4.69, 9.17) is 10.5 Å². The van der Waals surface area contributed by atoms with Gasteiger partial charge in [-0.2, -0.15) is 0 Å². The van der Waals surface area contributed by atoms with Gasteiger partial charge in [-0.05, 0) is 41.8 Å². The summed E-state index contributed by atoms with van der Waals surface area (Å²) in [6.45, 7) is 2.40. The van der Waals surface area contributed by atoms with Gasteiger partial charge in [0.25, 0.3) is 0 Å². The van der Waals surface area contributed by atoms with Crippen molar-refractivity contribution < 1.29 is 9.13 Å². The molecular weight excluding hydrogens is 267 g/mol. The molecule has 0 aliphatic carbocycles. The summed E-state index contributed by atoms with van der Waals surface area (Å²) in [6.07, 6.45) is 0.970. The van der Waals surface area contributed by atoms with Crippen molar-refractivity contribution in [2.75, 3.05) is 19.4 Å². The van der Waals surface area contributed by atoms with Crippen LogP contribution in [0, 0.1) is 5.82 Å². The maximum Gasteiger partial charge on any atom is 0.123 e. The predicted molar refractivity (Wildman–Crippen MR) is 81.6 cm³/mol. The second-order valence-corrected chi connectivity index (χ2v) is 5.40. The van der Waals surface area contributed by atoms with Crippen LogP contribution in [-0.4, -0.2) is 18.6 Å². The van der Waals surface area contributed by atoms with Crippen LogP contribution < -0.4 is 10.5 Å². The molecule has 0 saturated carbocycles. The first-order valence-corrected chi connectivity index (χ1v) is 7.08. The molecule has 1 aliphatic heterocycles. The summed E-state index contributed by atoms with van der Waals surface area (Å²) in [5.74, 6) is 0.492. The molecule has 0 bridgehead atoms. The predicted octanol–water partition coefficient (Wildman–Crippen LogP) is 2.97. The highest BCUT2D eigenvalue weighted by Gasteiger charge is 2.19. The molecule has 0 fully saturated rings. The number of benzene rings is 2. The van der Waals surface area contributed by atoms with Crippen molar-refractivity contribution in [2.45, 2.75) is 19.5 Å². The van der Waals surface area contributed by atoms with Crippen LogP contribution in [0.1, 0.15) is 16.7 Å². The molecule has 3 nitrogen and oxygen atoms in total. The van der Waals surface area contributed by atoms with E-state index < -0.39 is 0 Å². The third kappa shape index (κ3) is 2.85. The van der Waals surface area contributed by atoms with Gasteiger partial charge in [-0.3, -0.25) is 4.90 Å². The molecule has 0 radical (unpaired) electrons. The molecule has 0 aromatic heterocycles. The largest absolute Gasteiger partial charge is 0.496 e. The monoisotopic (exact) mass is 286 g/mol. The number of nitrogens with two attached hydrogens (primary N) is 1. The topological polar surface area (TPSA) is 38.5 Å². The number of methoxy groups -OCH3 is 1. The smallest absolute Gasteiger partial charge is 0.123 e. The van der Waals surface area contributed by atoms with Gasteiger partial charge in [0.1, 0.15) is 11.6 Å². The summed E-state index contributed by atoms with van der Waals surface area (Å²) in [7, 11) is 1.61. The molecule has 0 saturated heterocycles. The Hall–Kier alpha value is -2.07. The highest BCUT2D eigenvalue weighted by molar-refractivity contribution is 5.51. The van der Waals surface area contributed by atoms with E-state index >= 15 is 0 Å². The molecule has 110 valence electrons. The van der Waals surface area contributed by atoms with E-state index in [0.717, 1.165) is 36.5 Å². The zero-order chi connectivity index (χ0) is 14.8. The summed E-state index contributed by atoms with van der Waals surface area (Å²) in [5, 5.41) is 0. The third-order valence-corrected chi connectivity index (χ3v) is 4.02. The van der Waals surface area contributed by atoms with E-state index in [0.29, 0.717) is 6.54 Å². The van der Waals surface area contributed by atoms with E-state index in [1.54, 1.807) is 19.2 Å². The lowest BCUT2D eigenvalue weighted by Gasteiger charge is -2.30. The maximum atomic E-state index is 13.4. The second kappa shape index (κ2) is 5.74. The van der Waals surface area contributed by atoms with Crippen LogP contribution in [0.25, 0.3) is 0 Å². The fourth-order valence-corrected chi connectivity index (χ4v) is 2.91. The van der Waals surface area contributed by atoms with Crippen molar-refractivity contribution in [1.82, 2.24) is 4.90 Å². The summed E-state index contributed by atoms with van der Waals surface area (Å²) >= 11 is 0. The molecule has 0 amide bonds. The number of halogens is 1. The fraction of sp³-hybridized carbons (Fsp3) is 0.294. The molecule has 1 heterocycles. The minimum Gasteiger partial charge on any atom is -0.496 e. The van der Waals surface area contributed by atoms with Gasteiger partial charge < -0.3 is 10.5 Å². The Morgan fingerprint density at radius 1 is 1.29 bits per heavy atom. The summed E-state index contributed by atoms with van der Waals surface area (Å²) in [4.78, 5) is 2.27. The zero-order valence-corrected chi connectivity index (χ0v) is 12.1. The van der Waals surface area contributed by atoms with Crippen molar-refractivity contribution in [2.24, 2.45) is 0 Å². The van der Waals surface area contributed by atoms with Crippen molar-refractivity contribution >= 4 is 5.69 Å². The van der Waals surface area contributed by atoms with Gasteiger partial charge in [0, 0.05) is 30.9 Å². The van der Waals surface area contributed by atoms with Gasteiger partial charge in [0.2, 0.25) is 0 Å². The van der Waals surface area contributed by atoms with Crippen molar-refractivity contribution in [3.05, 3.63) is 58.9 Å². The van der Waals surface area contributed by atoms with Gasteiger partial charge >= 0.3 is 0 Å². The van der Waals surface area contributed by atoms with E-state index in [2.05, 4.69) is 11.0 Å². The van der Waals surface area contributed by atoms with Gasteiger partial charge in [-0.25, -0.2) is 4.39 Å². The van der Waals surface area contributed by atoms with Gasteiger partial charge in [-0.15, -0.1) is 0 Å². The molecule has 0 spiro atoms. The minimum absolute atomic E-state index is 0.234. The first-order chi connectivity index (χ1) is 10.2. The normalized spacial score (nSPS) is 14.8. The fourth-order valence-electron chi connectivity index (χ4n) is 2.91. The first kappa shape index (κ1) is 13.9. The lowest BCUT2D eigenvalue weighted by Crippen LogP contribution is -2.30. The van der Waals surface area contributed by atoms with E-state index in [-0.39, 0.29) is 5.82 Å². The van der Waals surface area contributed by atoms with Crippen LogP contribution >= 0.6 is 0 Å². The number of rotatable bonds is 3. The summed E-state index contributed by atoms with van der Waals surface area (Å²) < 4.78 is 18.8. The molecule has 2 N–H and O–H groups in total. The van der Waals surface area contributed by atoms with Crippen LogP contribution in [-0.2, 0) is 19.5 Å². The van der Waals surface area contributed by atoms with Crippen molar-refractivity contribution in [1.29, 1.82) is 0 Å². The zero-order valence-electron chi connectivity index (χ0n) is 12.1. The lowest BCUT2D eigenvalue weighted by molar-refractivity contribution is 0.242. The molecule has 4 heteroatoms. The summed E-state index contributed by atoms with van der Waals surface area (Å²) in [6, 6.07) is 10.7. The molecule has 2 aromatic carbocycles. The molecule has 1 aliphatic rings. The second-order valence-electron chi connectivity index (χ2n) is 5.40. The standard InChI is InChI=1S/C17H19FN2O/c1-21-17-6-5-14(18)9-13(17)10-20-8-7-12-3-2-4-16(19)15(12)11-20/h2-6,9H,7-8,10-11,19H2,1H3. The Morgan fingerprint density at radius 3 is 2.95 bits per heavy atom. The number of ether oxygens (including phenoxy) is 1. The average Bonchev–Trinajstić information content (AvgIpc) is 2.48. The van der Waals surface area contributed by atoms with Gasteiger partial charge in [-0.1, -0.05) is 12.1 Å². The minimum atomic E-state index is -0.234. The highest BCUT2D eigenvalue weighted by atomic mass is 19.1. The van der Waals surface area contributed by atoms with Crippen LogP contribution in [0.2, 0.25) is 0 Å². The number of anilines is 1. The number of nitrogen functional groups attached to an aromatic ring is 1. The SMILES string of the molecule is COc1ccc(F)cc1CN1CCc2cccc(N)c2C1. The van der Waals surface area contributed by atoms with Gasteiger partial charge in [0.15, 0.2) is 0 Å². The quantitative estimate of drug-likeness (QED) is 0.882. The average molecular weight is 286 g/mol. The van der Waals surface area contributed by atoms with Crippen molar-refractivity contribution in [3.8, 4) is 5.75 Å². The highest BCUT2D eigenvalue weighted by Crippen LogP contribution is 2.27. The number of hydrogen-bond donors (Lipinski definition) is 1. The lowest BCUT2D eigenvalue weighted by atomic mass is 9.97. The molecule has 0 atom stereocenters. The molecule has 2 aromatic rings. The molecule has 21 heavy (non-hydrogen) atoms. The van der Waals surface area contributed by atoms with Crippen LogP contribution in [0.15, 0.2) is 36.4 Å². The summed E-state index contributed by atoms with van der Waals surface area (Å²) in [5.41, 5.74) is 10.3. The van der Waals surface area contributed by atoms with Crippen LogP contribution in [0.5, 0.6) is 5.75 Å². The number of nitrogens with zero attached hydrogens (tertiary/aromatic N) is 1. The molecule has 0 unspecified atom stereocenters. The van der Waals surface area contributed by atoms with E-state index in [1.807, 2.05) is 12.1 Å². The molecular formula is C17H19FN2O.